The molecule has 4 heteroatoms. The van der Waals surface area contributed by atoms with Crippen molar-refractivity contribution in [1.29, 1.82) is 10.5 Å². The van der Waals surface area contributed by atoms with E-state index in [9.17, 15) is 5.11 Å². The Kier molecular flexibility index (Phi) is 5.06. The molecule has 2 aromatic carbocycles. The third kappa shape index (κ3) is 4.15. The van der Waals surface area contributed by atoms with Crippen molar-refractivity contribution in [3.63, 3.8) is 0 Å². The largest absolute Gasteiger partial charge is 0.387 e. The monoisotopic (exact) mass is 277 g/mol. The van der Waals surface area contributed by atoms with Gasteiger partial charge in [-0.3, -0.25) is 0 Å². The Labute approximate surface area is 123 Å². The summed E-state index contributed by atoms with van der Waals surface area (Å²) in [5, 5.41) is 30.7. The average Bonchev–Trinajstić information content (AvgIpc) is 2.55. The second kappa shape index (κ2) is 7.21. The van der Waals surface area contributed by atoms with E-state index in [2.05, 4.69) is 11.4 Å². The van der Waals surface area contributed by atoms with E-state index in [1.54, 1.807) is 36.4 Å². The van der Waals surface area contributed by atoms with Crippen molar-refractivity contribution in [2.75, 3.05) is 6.54 Å². The van der Waals surface area contributed by atoms with Crippen molar-refractivity contribution in [3.8, 4) is 12.1 Å². The molecule has 0 bridgehead atoms. The lowest BCUT2D eigenvalue weighted by atomic mass is 10.1. The van der Waals surface area contributed by atoms with Crippen LogP contribution in [0.4, 0.5) is 0 Å². The summed E-state index contributed by atoms with van der Waals surface area (Å²) in [6.45, 7) is 1.05. The third-order valence-electron chi connectivity index (χ3n) is 3.17. The maximum Gasteiger partial charge on any atom is 0.0991 e. The zero-order chi connectivity index (χ0) is 15.1. The van der Waals surface area contributed by atoms with Gasteiger partial charge in [-0.15, -0.1) is 0 Å². The van der Waals surface area contributed by atoms with Gasteiger partial charge in [-0.25, -0.2) is 0 Å². The molecule has 2 rings (SSSR count). The van der Waals surface area contributed by atoms with Gasteiger partial charge in [-0.05, 0) is 35.4 Å². The highest BCUT2D eigenvalue weighted by Gasteiger charge is 2.06. The van der Waals surface area contributed by atoms with Crippen LogP contribution in [0.15, 0.2) is 48.5 Å². The van der Waals surface area contributed by atoms with Gasteiger partial charge < -0.3 is 10.4 Å². The van der Waals surface area contributed by atoms with E-state index in [4.69, 9.17) is 10.5 Å². The first-order chi connectivity index (χ1) is 10.2. The van der Waals surface area contributed by atoms with Crippen molar-refractivity contribution in [1.82, 2.24) is 5.32 Å². The average molecular weight is 277 g/mol. The van der Waals surface area contributed by atoms with E-state index in [1.165, 1.54) is 0 Å². The highest BCUT2D eigenvalue weighted by molar-refractivity contribution is 5.33. The number of nitriles is 2. The fourth-order valence-corrected chi connectivity index (χ4v) is 1.95. The molecular weight excluding hydrogens is 262 g/mol. The van der Waals surface area contributed by atoms with Crippen LogP contribution < -0.4 is 5.32 Å². The van der Waals surface area contributed by atoms with Gasteiger partial charge in [-0.1, -0.05) is 24.3 Å². The van der Waals surface area contributed by atoms with Gasteiger partial charge >= 0.3 is 0 Å². The minimum Gasteiger partial charge on any atom is -0.387 e. The fourth-order valence-electron chi connectivity index (χ4n) is 1.95. The quantitative estimate of drug-likeness (QED) is 0.878. The molecule has 0 saturated carbocycles. The van der Waals surface area contributed by atoms with Crippen LogP contribution in [0, 0.1) is 22.7 Å². The van der Waals surface area contributed by atoms with Gasteiger partial charge in [0.2, 0.25) is 0 Å². The summed E-state index contributed by atoms with van der Waals surface area (Å²) in [5.74, 6) is 0. The number of rotatable bonds is 5. The molecule has 0 heterocycles. The van der Waals surface area contributed by atoms with Crippen LogP contribution in [0.5, 0.6) is 0 Å². The molecule has 0 aliphatic heterocycles. The molecule has 0 amide bonds. The summed E-state index contributed by atoms with van der Waals surface area (Å²) in [6, 6.07) is 18.3. The summed E-state index contributed by atoms with van der Waals surface area (Å²) in [5.41, 5.74) is 3.05. The molecule has 0 spiro atoms. The summed E-state index contributed by atoms with van der Waals surface area (Å²) in [4.78, 5) is 0. The van der Waals surface area contributed by atoms with Crippen molar-refractivity contribution in [2.45, 2.75) is 12.6 Å². The molecule has 0 aliphatic rings. The van der Waals surface area contributed by atoms with Crippen molar-refractivity contribution in [2.24, 2.45) is 0 Å². The summed E-state index contributed by atoms with van der Waals surface area (Å²) < 4.78 is 0. The second-order valence-corrected chi connectivity index (χ2v) is 4.69. The Hall–Kier alpha value is -2.66. The summed E-state index contributed by atoms with van der Waals surface area (Å²) in [6.07, 6.45) is -0.615. The zero-order valence-corrected chi connectivity index (χ0v) is 11.5. The first kappa shape index (κ1) is 14.7. The SMILES string of the molecule is N#Cc1ccc(CNCC(O)c2ccc(C#N)cc2)cc1. The van der Waals surface area contributed by atoms with Crippen LogP contribution >= 0.6 is 0 Å². The lowest BCUT2D eigenvalue weighted by Crippen LogP contribution is -2.21. The van der Waals surface area contributed by atoms with Gasteiger partial charge in [0.25, 0.3) is 0 Å². The summed E-state index contributed by atoms with van der Waals surface area (Å²) in [7, 11) is 0. The number of aliphatic hydroxyl groups is 1. The molecule has 0 aromatic heterocycles. The molecule has 0 aliphatic carbocycles. The minimum absolute atomic E-state index is 0.423. The lowest BCUT2D eigenvalue weighted by molar-refractivity contribution is 0.174. The molecule has 0 radical (unpaired) electrons. The Morgan fingerprint density at radius 3 is 1.95 bits per heavy atom. The Morgan fingerprint density at radius 2 is 1.43 bits per heavy atom. The number of aliphatic hydroxyl groups excluding tert-OH is 1. The van der Waals surface area contributed by atoms with Crippen LogP contribution in [0.2, 0.25) is 0 Å². The second-order valence-electron chi connectivity index (χ2n) is 4.69. The van der Waals surface area contributed by atoms with E-state index in [0.29, 0.717) is 24.2 Å². The molecule has 0 fully saturated rings. The highest BCUT2D eigenvalue weighted by Crippen LogP contribution is 2.13. The van der Waals surface area contributed by atoms with Gasteiger partial charge in [0.1, 0.15) is 0 Å². The van der Waals surface area contributed by atoms with Crippen LogP contribution in [0.25, 0.3) is 0 Å². The maximum absolute atomic E-state index is 10.1. The Bertz CT molecular complexity index is 663. The fraction of sp³-hybridized carbons (Fsp3) is 0.176. The molecule has 0 saturated heterocycles. The van der Waals surface area contributed by atoms with Crippen LogP contribution in [-0.4, -0.2) is 11.7 Å². The first-order valence-corrected chi connectivity index (χ1v) is 6.61. The lowest BCUT2D eigenvalue weighted by Gasteiger charge is -2.12. The van der Waals surface area contributed by atoms with Crippen molar-refractivity contribution in [3.05, 3.63) is 70.8 Å². The van der Waals surface area contributed by atoms with E-state index in [0.717, 1.165) is 11.1 Å². The van der Waals surface area contributed by atoms with Crippen LogP contribution in [-0.2, 0) is 6.54 Å². The van der Waals surface area contributed by atoms with Gasteiger partial charge in [-0.2, -0.15) is 10.5 Å². The van der Waals surface area contributed by atoms with Crippen molar-refractivity contribution >= 4 is 0 Å². The van der Waals surface area contributed by atoms with E-state index < -0.39 is 6.10 Å². The zero-order valence-electron chi connectivity index (χ0n) is 11.5. The summed E-state index contributed by atoms with van der Waals surface area (Å²) >= 11 is 0. The smallest absolute Gasteiger partial charge is 0.0991 e. The maximum atomic E-state index is 10.1. The standard InChI is InChI=1S/C17H15N3O/c18-9-13-1-3-15(4-2-13)11-20-12-17(21)16-7-5-14(10-19)6-8-16/h1-8,17,20-21H,11-12H2. The molecule has 21 heavy (non-hydrogen) atoms. The molecule has 1 unspecified atom stereocenters. The highest BCUT2D eigenvalue weighted by atomic mass is 16.3. The molecule has 2 aromatic rings. The first-order valence-electron chi connectivity index (χ1n) is 6.61. The van der Waals surface area contributed by atoms with E-state index >= 15 is 0 Å². The van der Waals surface area contributed by atoms with Crippen LogP contribution in [0.3, 0.4) is 0 Å². The third-order valence-corrected chi connectivity index (χ3v) is 3.17. The van der Waals surface area contributed by atoms with Crippen LogP contribution in [0.1, 0.15) is 28.4 Å². The van der Waals surface area contributed by atoms with Gasteiger partial charge in [0.15, 0.2) is 0 Å². The normalized spacial score (nSPS) is 11.4. The molecule has 2 N–H and O–H groups in total. The van der Waals surface area contributed by atoms with Gasteiger partial charge in [0, 0.05) is 13.1 Å². The predicted octanol–water partition coefficient (Wildman–Crippen LogP) is 2.25. The topological polar surface area (TPSA) is 79.8 Å². The number of hydrogen-bond acceptors (Lipinski definition) is 4. The number of hydrogen-bond donors (Lipinski definition) is 2. The number of nitrogens with zero attached hydrogens (tertiary/aromatic N) is 2. The Morgan fingerprint density at radius 1 is 0.905 bits per heavy atom. The van der Waals surface area contributed by atoms with E-state index in [-0.39, 0.29) is 0 Å². The molecular formula is C17H15N3O. The number of benzene rings is 2. The van der Waals surface area contributed by atoms with Gasteiger partial charge in [0.05, 0.1) is 29.4 Å². The molecule has 1 atom stereocenters. The molecule has 104 valence electrons. The Balaban J connectivity index is 1.84. The molecule has 4 nitrogen and oxygen atoms in total. The van der Waals surface area contributed by atoms with E-state index in [1.807, 2.05) is 18.2 Å². The minimum atomic E-state index is -0.615. The van der Waals surface area contributed by atoms with Crippen molar-refractivity contribution < 1.29 is 5.11 Å². The predicted molar refractivity (Wildman–Crippen MR) is 79.0 cm³/mol. The number of nitrogens with one attached hydrogen (secondary N) is 1.